The van der Waals surface area contributed by atoms with Crippen LogP contribution in [-0.2, 0) is 23.7 Å². The lowest BCUT2D eigenvalue weighted by atomic mass is 10.1. The third kappa shape index (κ3) is 10.9. The number of unbranched alkanes of at least 4 members (excludes halogenated alkanes) is 9. The van der Waals surface area contributed by atoms with Crippen molar-refractivity contribution in [2.45, 2.75) is 96.4 Å². The zero-order valence-electron chi connectivity index (χ0n) is 19.3. The van der Waals surface area contributed by atoms with E-state index >= 15 is 0 Å². The van der Waals surface area contributed by atoms with Crippen LogP contribution in [0.4, 0.5) is 0 Å². The number of nitrogens with zero attached hydrogens (tertiary/aromatic N) is 2. The Morgan fingerprint density at radius 2 is 1.37 bits per heavy atom. The second-order valence-corrected chi connectivity index (χ2v) is 9.48. The molecule has 0 saturated carbocycles. The molecule has 5 nitrogen and oxygen atoms in total. The highest BCUT2D eigenvalue weighted by Crippen LogP contribution is 2.11. The quantitative estimate of drug-likeness (QED) is 0.253. The molecule has 2 rings (SSSR count). The molecule has 1 heterocycles. The van der Waals surface area contributed by atoms with Gasteiger partial charge in [-0.1, -0.05) is 76.0 Å². The van der Waals surface area contributed by atoms with Gasteiger partial charge in [0.25, 0.3) is 5.82 Å². The average Bonchev–Trinajstić information content (AvgIpc) is 3.02. The van der Waals surface area contributed by atoms with Crippen molar-refractivity contribution in [2.75, 3.05) is 0 Å². The molecule has 0 aliphatic heterocycles. The normalized spacial score (nSPS) is 11.2. The van der Waals surface area contributed by atoms with Gasteiger partial charge in [0.1, 0.15) is 22.5 Å². The van der Waals surface area contributed by atoms with Crippen molar-refractivity contribution in [1.82, 2.24) is 4.57 Å². The lowest BCUT2D eigenvalue weighted by Gasteiger charge is -2.05. The Labute approximate surface area is 183 Å². The minimum atomic E-state index is -4.27. The summed E-state index contributed by atoms with van der Waals surface area (Å²) in [4.78, 5) is -0.178. The molecule has 0 saturated heterocycles. The van der Waals surface area contributed by atoms with Crippen molar-refractivity contribution >= 4 is 10.1 Å². The molecule has 0 bridgehead atoms. The Morgan fingerprint density at radius 1 is 0.867 bits per heavy atom. The fraction of sp³-hybridized carbons (Fsp3) is 0.625. The van der Waals surface area contributed by atoms with Gasteiger partial charge in [0.15, 0.2) is 0 Å². The van der Waals surface area contributed by atoms with E-state index in [1.807, 2.05) is 6.92 Å². The first-order valence-electron chi connectivity index (χ1n) is 11.3. The topological polar surface area (TPSA) is 66.0 Å². The largest absolute Gasteiger partial charge is 0.744 e. The summed E-state index contributed by atoms with van der Waals surface area (Å²) < 4.78 is 35.7. The smallest absolute Gasteiger partial charge is 0.253 e. The predicted molar refractivity (Wildman–Crippen MR) is 121 cm³/mol. The van der Waals surface area contributed by atoms with Crippen LogP contribution >= 0.6 is 0 Å². The van der Waals surface area contributed by atoms with Gasteiger partial charge in [-0.25, -0.2) is 17.6 Å². The summed E-state index contributed by atoms with van der Waals surface area (Å²) in [6.45, 7) is 7.48. The van der Waals surface area contributed by atoms with E-state index in [1.54, 1.807) is 12.1 Å². The average molecular weight is 437 g/mol. The number of aromatic nitrogens is 2. The van der Waals surface area contributed by atoms with Crippen LogP contribution in [0.15, 0.2) is 41.6 Å². The highest BCUT2D eigenvalue weighted by molar-refractivity contribution is 7.85. The third-order valence-corrected chi connectivity index (χ3v) is 6.31. The Morgan fingerprint density at radius 3 is 1.80 bits per heavy atom. The van der Waals surface area contributed by atoms with Crippen molar-refractivity contribution in [3.05, 3.63) is 48.0 Å². The molecule has 1 aromatic heterocycles. The molecule has 1 aromatic carbocycles. The monoisotopic (exact) mass is 436 g/mol. The molecule has 0 spiro atoms. The molecule has 0 amide bonds. The van der Waals surface area contributed by atoms with Crippen LogP contribution in [0.25, 0.3) is 0 Å². The van der Waals surface area contributed by atoms with Crippen LogP contribution in [0.1, 0.15) is 82.5 Å². The fourth-order valence-corrected chi connectivity index (χ4v) is 3.78. The standard InChI is InChI=1S/C17H33N2.C7H8O3S/c1-4-5-6-7-8-9-10-11-12-13-14-19-16-15-18(3)17(19)2;1-6-2-4-7(5-3-6)11(8,9)10/h15-16H,4-14H2,1-3H3;2-5H,1H3,(H,8,9,10)/q+1;/p-1. The van der Waals surface area contributed by atoms with E-state index in [1.165, 1.54) is 88.7 Å². The van der Waals surface area contributed by atoms with Crippen LogP contribution in [0.3, 0.4) is 0 Å². The Hall–Kier alpha value is -1.66. The number of hydrogen-bond donors (Lipinski definition) is 0. The lowest BCUT2D eigenvalue weighted by molar-refractivity contribution is -0.677. The first-order chi connectivity index (χ1) is 14.3. The van der Waals surface area contributed by atoms with E-state index in [4.69, 9.17) is 0 Å². The maximum absolute atomic E-state index is 10.4. The molecule has 0 atom stereocenters. The van der Waals surface area contributed by atoms with Gasteiger partial charge in [-0.15, -0.1) is 0 Å². The van der Waals surface area contributed by atoms with Gasteiger partial charge < -0.3 is 4.55 Å². The third-order valence-electron chi connectivity index (χ3n) is 5.46. The minimum absolute atomic E-state index is 0.178. The summed E-state index contributed by atoms with van der Waals surface area (Å²) in [5, 5.41) is 0. The number of rotatable bonds is 12. The molecule has 6 heteroatoms. The molecule has 0 N–H and O–H groups in total. The summed E-state index contributed by atoms with van der Waals surface area (Å²) in [7, 11) is -2.15. The summed E-state index contributed by atoms with van der Waals surface area (Å²) in [5.41, 5.74) is 0.928. The summed E-state index contributed by atoms with van der Waals surface area (Å²) >= 11 is 0. The van der Waals surface area contributed by atoms with Crippen LogP contribution in [0.2, 0.25) is 0 Å². The SMILES string of the molecule is CCCCCCCCCCCCn1cc[n+](C)c1C.Cc1ccc(S(=O)(=O)[O-])cc1. The zero-order valence-corrected chi connectivity index (χ0v) is 20.1. The number of hydrogen-bond acceptors (Lipinski definition) is 3. The van der Waals surface area contributed by atoms with Crippen molar-refractivity contribution in [1.29, 1.82) is 0 Å². The van der Waals surface area contributed by atoms with Crippen molar-refractivity contribution < 1.29 is 17.5 Å². The van der Waals surface area contributed by atoms with Crippen molar-refractivity contribution in [3.8, 4) is 0 Å². The van der Waals surface area contributed by atoms with Gasteiger partial charge in [-0.05, 0) is 31.9 Å². The molecule has 0 radical (unpaired) electrons. The minimum Gasteiger partial charge on any atom is -0.744 e. The first-order valence-corrected chi connectivity index (χ1v) is 12.7. The zero-order chi connectivity index (χ0) is 22.4. The van der Waals surface area contributed by atoms with Gasteiger partial charge in [0, 0.05) is 6.92 Å². The van der Waals surface area contributed by atoms with Gasteiger partial charge in [-0.3, -0.25) is 0 Å². The van der Waals surface area contributed by atoms with E-state index in [0.717, 1.165) is 5.56 Å². The van der Waals surface area contributed by atoms with Crippen LogP contribution in [0, 0.1) is 13.8 Å². The van der Waals surface area contributed by atoms with E-state index in [0.29, 0.717) is 0 Å². The molecule has 30 heavy (non-hydrogen) atoms. The second-order valence-electron chi connectivity index (χ2n) is 8.10. The van der Waals surface area contributed by atoms with Gasteiger partial charge in [0.05, 0.1) is 18.5 Å². The molecular weight excluding hydrogens is 396 g/mol. The summed E-state index contributed by atoms with van der Waals surface area (Å²) in [6.07, 6.45) is 18.5. The summed E-state index contributed by atoms with van der Waals surface area (Å²) in [5.74, 6) is 1.36. The second kappa shape index (κ2) is 14.4. The maximum Gasteiger partial charge on any atom is 0.253 e. The number of benzene rings is 1. The summed E-state index contributed by atoms with van der Waals surface area (Å²) in [6, 6.07) is 5.78. The Bertz CT molecular complexity index is 811. The fourth-order valence-electron chi connectivity index (χ4n) is 3.31. The molecule has 0 aliphatic rings. The van der Waals surface area contributed by atoms with Crippen LogP contribution in [0.5, 0.6) is 0 Å². The van der Waals surface area contributed by atoms with E-state index in [9.17, 15) is 13.0 Å². The van der Waals surface area contributed by atoms with Crippen LogP contribution in [-0.4, -0.2) is 17.5 Å². The Kier molecular flexibility index (Phi) is 12.6. The predicted octanol–water partition coefficient (Wildman–Crippen LogP) is 5.44. The van der Waals surface area contributed by atoms with Crippen molar-refractivity contribution in [2.24, 2.45) is 7.05 Å². The number of imidazole rings is 1. The van der Waals surface area contributed by atoms with Gasteiger partial charge in [-0.2, -0.15) is 0 Å². The first kappa shape index (κ1) is 26.4. The highest BCUT2D eigenvalue weighted by atomic mass is 32.2. The van der Waals surface area contributed by atoms with E-state index in [2.05, 4.69) is 42.4 Å². The molecule has 2 aromatic rings. The van der Waals surface area contributed by atoms with Crippen LogP contribution < -0.4 is 4.57 Å². The lowest BCUT2D eigenvalue weighted by Crippen LogP contribution is -2.29. The molecule has 0 fully saturated rings. The molecule has 170 valence electrons. The number of aryl methyl sites for hydroxylation is 3. The molecule has 0 aliphatic carbocycles. The van der Waals surface area contributed by atoms with E-state index in [-0.39, 0.29) is 4.90 Å². The maximum atomic E-state index is 10.4. The Balaban J connectivity index is 0.000000346. The van der Waals surface area contributed by atoms with Gasteiger partial charge >= 0.3 is 0 Å². The highest BCUT2D eigenvalue weighted by Gasteiger charge is 2.07. The molecule has 0 unspecified atom stereocenters. The van der Waals surface area contributed by atoms with Crippen molar-refractivity contribution in [3.63, 3.8) is 0 Å². The van der Waals surface area contributed by atoms with Gasteiger partial charge in [0.2, 0.25) is 0 Å². The molecular formula is C24H40N2O3S. The van der Waals surface area contributed by atoms with E-state index < -0.39 is 10.1 Å².